The molecule has 26 heavy (non-hydrogen) atoms. The summed E-state index contributed by atoms with van der Waals surface area (Å²) in [6, 6.07) is 15.9. The number of nitrogens with zero attached hydrogens (tertiary/aromatic N) is 1. The van der Waals surface area contributed by atoms with Crippen LogP contribution in [-0.2, 0) is 11.2 Å². The number of piperidine rings is 1. The molecule has 0 bridgehead atoms. The first-order chi connectivity index (χ1) is 12.6. The Labute approximate surface area is 159 Å². The summed E-state index contributed by atoms with van der Waals surface area (Å²) >= 11 is 5.89. The first kappa shape index (κ1) is 18.5. The van der Waals surface area contributed by atoms with E-state index in [1.54, 1.807) is 24.3 Å². The van der Waals surface area contributed by atoms with Gasteiger partial charge in [0.15, 0.2) is 0 Å². The van der Waals surface area contributed by atoms with Crippen molar-refractivity contribution in [3.05, 3.63) is 70.7 Å². The predicted octanol–water partition coefficient (Wildman–Crippen LogP) is 3.69. The highest BCUT2D eigenvalue weighted by Gasteiger charge is 2.27. The Kier molecular flexibility index (Phi) is 6.29. The number of likely N-dealkylation sites (tertiary alicyclic amines) is 1. The van der Waals surface area contributed by atoms with E-state index in [1.165, 1.54) is 0 Å². The number of hydrogen-bond acceptors (Lipinski definition) is 2. The summed E-state index contributed by atoms with van der Waals surface area (Å²) in [5.41, 5.74) is 1.53. The third kappa shape index (κ3) is 4.85. The quantitative estimate of drug-likeness (QED) is 0.872. The van der Waals surface area contributed by atoms with Crippen LogP contribution >= 0.6 is 11.6 Å². The van der Waals surface area contributed by atoms with Crippen molar-refractivity contribution in [1.82, 2.24) is 10.2 Å². The van der Waals surface area contributed by atoms with E-state index in [-0.39, 0.29) is 11.8 Å². The van der Waals surface area contributed by atoms with Gasteiger partial charge in [-0.1, -0.05) is 41.9 Å². The molecule has 1 heterocycles. The summed E-state index contributed by atoms with van der Waals surface area (Å²) in [7, 11) is 0. The number of rotatable bonds is 5. The van der Waals surface area contributed by atoms with E-state index in [2.05, 4.69) is 5.32 Å². The molecule has 0 aliphatic carbocycles. The van der Waals surface area contributed by atoms with Gasteiger partial charge in [-0.2, -0.15) is 0 Å². The fourth-order valence-electron chi connectivity index (χ4n) is 3.23. The maximum atomic E-state index is 13.0. The topological polar surface area (TPSA) is 49.4 Å². The molecule has 0 aromatic heterocycles. The molecular formula is C21H23ClN2O2. The first-order valence-corrected chi connectivity index (χ1v) is 9.40. The minimum Gasteiger partial charge on any atom is -0.341 e. The van der Waals surface area contributed by atoms with Crippen molar-refractivity contribution in [2.24, 2.45) is 0 Å². The number of amides is 2. The van der Waals surface area contributed by atoms with E-state index in [0.29, 0.717) is 17.0 Å². The molecule has 0 saturated carbocycles. The summed E-state index contributed by atoms with van der Waals surface area (Å²) in [5.74, 6) is -0.260. The molecule has 5 heteroatoms. The molecule has 1 aliphatic heterocycles. The Morgan fingerprint density at radius 3 is 2.27 bits per heavy atom. The summed E-state index contributed by atoms with van der Waals surface area (Å²) in [6.07, 6.45) is 3.68. The molecule has 1 fully saturated rings. The monoisotopic (exact) mass is 370 g/mol. The van der Waals surface area contributed by atoms with Gasteiger partial charge in [-0.3, -0.25) is 9.59 Å². The zero-order valence-corrected chi connectivity index (χ0v) is 15.4. The van der Waals surface area contributed by atoms with E-state index in [4.69, 9.17) is 11.6 Å². The van der Waals surface area contributed by atoms with Gasteiger partial charge in [-0.25, -0.2) is 0 Å². The van der Waals surface area contributed by atoms with E-state index in [1.807, 2.05) is 35.2 Å². The molecule has 0 radical (unpaired) electrons. The van der Waals surface area contributed by atoms with E-state index in [0.717, 1.165) is 37.9 Å². The third-order valence-corrected chi connectivity index (χ3v) is 4.91. The van der Waals surface area contributed by atoms with Gasteiger partial charge < -0.3 is 10.2 Å². The van der Waals surface area contributed by atoms with Gasteiger partial charge in [-0.15, -0.1) is 0 Å². The van der Waals surface area contributed by atoms with Crippen LogP contribution in [0, 0.1) is 0 Å². The van der Waals surface area contributed by atoms with Crippen LogP contribution < -0.4 is 5.32 Å². The van der Waals surface area contributed by atoms with Crippen molar-refractivity contribution < 1.29 is 9.59 Å². The second-order valence-corrected chi connectivity index (χ2v) is 7.05. The van der Waals surface area contributed by atoms with Crippen LogP contribution in [0.4, 0.5) is 0 Å². The van der Waals surface area contributed by atoms with E-state index >= 15 is 0 Å². The highest BCUT2D eigenvalue weighted by Crippen LogP contribution is 2.14. The lowest BCUT2D eigenvalue weighted by atomic mass is 10.0. The Morgan fingerprint density at radius 1 is 0.962 bits per heavy atom. The molecule has 3 rings (SSSR count). The Bertz CT molecular complexity index is 740. The van der Waals surface area contributed by atoms with Gasteiger partial charge in [0, 0.05) is 30.1 Å². The second kappa shape index (κ2) is 8.86. The normalized spacial score (nSPS) is 15.3. The molecule has 0 unspecified atom stereocenters. The van der Waals surface area contributed by atoms with Crippen LogP contribution in [0.1, 0.15) is 35.2 Å². The lowest BCUT2D eigenvalue weighted by molar-refractivity contribution is -0.134. The lowest BCUT2D eigenvalue weighted by Crippen LogP contribution is -2.51. The van der Waals surface area contributed by atoms with Gasteiger partial charge in [0.25, 0.3) is 5.91 Å². The second-order valence-electron chi connectivity index (χ2n) is 6.61. The van der Waals surface area contributed by atoms with Crippen LogP contribution in [0.2, 0.25) is 5.02 Å². The fraction of sp³-hybridized carbons (Fsp3) is 0.333. The Morgan fingerprint density at radius 2 is 1.62 bits per heavy atom. The zero-order chi connectivity index (χ0) is 18.4. The standard InChI is InChI=1S/C21H23ClN2O2/c22-18-11-9-17(10-12-18)20(25)23-19(15-16-7-3-1-4-8-16)21(26)24-13-5-2-6-14-24/h1,3-4,7-12,19H,2,5-6,13-15H2,(H,23,25)/t19-/m0/s1. The number of hydrogen-bond donors (Lipinski definition) is 1. The molecule has 0 spiro atoms. The molecule has 1 N–H and O–H groups in total. The number of carbonyl (C=O) groups is 2. The van der Waals surface area contributed by atoms with Crippen molar-refractivity contribution in [2.75, 3.05) is 13.1 Å². The van der Waals surface area contributed by atoms with Crippen LogP contribution in [-0.4, -0.2) is 35.8 Å². The zero-order valence-electron chi connectivity index (χ0n) is 14.7. The number of nitrogens with one attached hydrogen (secondary N) is 1. The summed E-state index contributed by atoms with van der Waals surface area (Å²) in [5, 5.41) is 3.50. The van der Waals surface area contributed by atoms with Gasteiger partial charge in [-0.05, 0) is 49.1 Å². The number of halogens is 1. The largest absolute Gasteiger partial charge is 0.341 e. The fourth-order valence-corrected chi connectivity index (χ4v) is 3.35. The van der Waals surface area contributed by atoms with Crippen LogP contribution in [0.15, 0.2) is 54.6 Å². The average molecular weight is 371 g/mol. The van der Waals surface area contributed by atoms with E-state index in [9.17, 15) is 9.59 Å². The first-order valence-electron chi connectivity index (χ1n) is 9.02. The van der Waals surface area contributed by atoms with Gasteiger partial charge in [0.1, 0.15) is 6.04 Å². The molecule has 1 saturated heterocycles. The maximum absolute atomic E-state index is 13.0. The summed E-state index contributed by atoms with van der Waals surface area (Å²) < 4.78 is 0. The van der Waals surface area contributed by atoms with Crippen molar-refractivity contribution in [1.29, 1.82) is 0 Å². The van der Waals surface area contributed by atoms with Crippen molar-refractivity contribution in [2.45, 2.75) is 31.7 Å². The van der Waals surface area contributed by atoms with Crippen molar-refractivity contribution in [3.8, 4) is 0 Å². The van der Waals surface area contributed by atoms with Gasteiger partial charge in [0.05, 0.1) is 0 Å². The number of carbonyl (C=O) groups excluding carboxylic acids is 2. The van der Waals surface area contributed by atoms with Crippen molar-refractivity contribution in [3.63, 3.8) is 0 Å². The molecule has 2 aromatic rings. The lowest BCUT2D eigenvalue weighted by Gasteiger charge is -2.31. The smallest absolute Gasteiger partial charge is 0.251 e. The minimum atomic E-state index is -0.571. The molecule has 1 atom stereocenters. The van der Waals surface area contributed by atoms with E-state index < -0.39 is 6.04 Å². The SMILES string of the molecule is O=C(N[C@@H](Cc1ccccc1)C(=O)N1CCCCC1)c1ccc(Cl)cc1. The molecule has 2 amide bonds. The molecule has 1 aliphatic rings. The molecule has 2 aromatic carbocycles. The highest BCUT2D eigenvalue weighted by atomic mass is 35.5. The van der Waals surface area contributed by atoms with Crippen LogP contribution in [0.5, 0.6) is 0 Å². The number of benzene rings is 2. The third-order valence-electron chi connectivity index (χ3n) is 4.66. The van der Waals surface area contributed by atoms with Gasteiger partial charge >= 0.3 is 0 Å². The molecule has 136 valence electrons. The summed E-state index contributed by atoms with van der Waals surface area (Å²) in [6.45, 7) is 1.53. The summed E-state index contributed by atoms with van der Waals surface area (Å²) in [4.78, 5) is 27.5. The Hall–Kier alpha value is -2.33. The molecule has 4 nitrogen and oxygen atoms in total. The minimum absolute atomic E-state index is 0.00383. The van der Waals surface area contributed by atoms with Crippen LogP contribution in [0.3, 0.4) is 0 Å². The maximum Gasteiger partial charge on any atom is 0.251 e. The molecular weight excluding hydrogens is 348 g/mol. The highest BCUT2D eigenvalue weighted by molar-refractivity contribution is 6.30. The van der Waals surface area contributed by atoms with Gasteiger partial charge in [0.2, 0.25) is 5.91 Å². The Balaban J connectivity index is 1.76. The predicted molar refractivity (Wildman–Crippen MR) is 103 cm³/mol. The average Bonchev–Trinajstić information content (AvgIpc) is 2.69. The van der Waals surface area contributed by atoms with Crippen molar-refractivity contribution >= 4 is 23.4 Å². The van der Waals surface area contributed by atoms with Crippen LogP contribution in [0.25, 0.3) is 0 Å².